The smallest absolute Gasteiger partial charge is 0.329 e. The van der Waals surface area contributed by atoms with Gasteiger partial charge in [0.1, 0.15) is 17.9 Å². The van der Waals surface area contributed by atoms with Gasteiger partial charge in [-0.2, -0.15) is 0 Å². The summed E-state index contributed by atoms with van der Waals surface area (Å²) in [5, 5.41) is 2.51. The Morgan fingerprint density at radius 1 is 1.15 bits per heavy atom. The number of rotatable bonds is 12. The number of hydrogen-bond donors (Lipinski definition) is 1. The molecule has 1 N–H and O–H groups in total. The van der Waals surface area contributed by atoms with Crippen LogP contribution >= 0.6 is 0 Å². The molecule has 2 aromatic rings. The first-order chi connectivity index (χ1) is 16.3. The fourth-order valence-corrected chi connectivity index (χ4v) is 2.74. The minimum absolute atomic E-state index is 0.0434. The number of carbonyl (C=O) groups excluding carboxylic acids is 3. The van der Waals surface area contributed by atoms with Gasteiger partial charge < -0.3 is 29.0 Å². The van der Waals surface area contributed by atoms with Crippen LogP contribution in [0, 0.1) is 0 Å². The summed E-state index contributed by atoms with van der Waals surface area (Å²) in [5.74, 6) is -1.21. The normalized spacial score (nSPS) is 12.9. The van der Waals surface area contributed by atoms with Crippen molar-refractivity contribution in [3.8, 4) is 17.2 Å². The van der Waals surface area contributed by atoms with Crippen LogP contribution in [0.5, 0.6) is 17.2 Å². The fourth-order valence-electron chi connectivity index (χ4n) is 2.74. The van der Waals surface area contributed by atoms with Crippen molar-refractivity contribution >= 4 is 17.8 Å². The van der Waals surface area contributed by atoms with E-state index < -0.39 is 42.9 Å². The number of benzene rings is 1. The molecule has 0 radical (unpaired) electrons. The highest BCUT2D eigenvalue weighted by molar-refractivity contribution is 5.98. The van der Waals surface area contributed by atoms with E-state index in [4.69, 9.17) is 23.7 Å². The molecule has 10 nitrogen and oxygen atoms in total. The van der Waals surface area contributed by atoms with Crippen molar-refractivity contribution < 1.29 is 38.1 Å². The average molecular weight is 472 g/mol. The summed E-state index contributed by atoms with van der Waals surface area (Å²) < 4.78 is 26.6. The molecule has 0 saturated heterocycles. The van der Waals surface area contributed by atoms with Crippen LogP contribution in [0.4, 0.5) is 0 Å². The number of nitrogens with one attached hydrogen (secondary N) is 1. The second-order valence-electron chi connectivity index (χ2n) is 7.06. The first kappa shape index (κ1) is 26.2. The molecule has 0 unspecified atom stereocenters. The van der Waals surface area contributed by atoms with Crippen LogP contribution in [0.3, 0.4) is 0 Å². The molecule has 0 fully saturated rings. The molecule has 1 aromatic heterocycles. The SMILES string of the molecule is C=C[C@@H](OC(=O)[C@H](C)NC(=O)c1nccc(OC)c1OCOC(C)=O)[C@H](C)Oc1ccccc1. The van der Waals surface area contributed by atoms with Crippen molar-refractivity contribution in [2.24, 2.45) is 0 Å². The number of ether oxygens (including phenoxy) is 5. The predicted molar refractivity (Wildman–Crippen MR) is 122 cm³/mol. The van der Waals surface area contributed by atoms with Crippen LogP contribution in [0.25, 0.3) is 0 Å². The second-order valence-corrected chi connectivity index (χ2v) is 7.06. The highest BCUT2D eigenvalue weighted by atomic mass is 16.7. The third-order valence-electron chi connectivity index (χ3n) is 4.48. The molecule has 0 aliphatic rings. The topological polar surface area (TPSA) is 122 Å². The monoisotopic (exact) mass is 472 g/mol. The van der Waals surface area contributed by atoms with E-state index in [2.05, 4.69) is 16.9 Å². The van der Waals surface area contributed by atoms with Crippen LogP contribution in [-0.2, 0) is 19.1 Å². The van der Waals surface area contributed by atoms with E-state index in [0.717, 1.165) is 0 Å². The number of aromatic nitrogens is 1. The van der Waals surface area contributed by atoms with E-state index in [1.165, 1.54) is 39.3 Å². The lowest BCUT2D eigenvalue weighted by Gasteiger charge is -2.24. The van der Waals surface area contributed by atoms with Gasteiger partial charge in [-0.3, -0.25) is 9.59 Å². The maximum atomic E-state index is 12.8. The Kier molecular flexibility index (Phi) is 9.88. The van der Waals surface area contributed by atoms with E-state index in [0.29, 0.717) is 5.75 Å². The van der Waals surface area contributed by atoms with Crippen LogP contribution in [0.2, 0.25) is 0 Å². The zero-order valence-corrected chi connectivity index (χ0v) is 19.5. The number of esters is 2. The molecule has 3 atom stereocenters. The summed E-state index contributed by atoms with van der Waals surface area (Å²) in [4.78, 5) is 40.4. The molecule has 0 spiro atoms. The molecule has 182 valence electrons. The Morgan fingerprint density at radius 2 is 1.85 bits per heavy atom. The van der Waals surface area contributed by atoms with Crippen LogP contribution in [0.15, 0.2) is 55.3 Å². The Labute approximate surface area is 197 Å². The Morgan fingerprint density at radius 3 is 2.47 bits per heavy atom. The molecular weight excluding hydrogens is 444 g/mol. The second kappa shape index (κ2) is 12.8. The van der Waals surface area contributed by atoms with Gasteiger partial charge in [-0.15, -0.1) is 0 Å². The zero-order valence-electron chi connectivity index (χ0n) is 19.5. The summed E-state index contributed by atoms with van der Waals surface area (Å²) in [6, 6.07) is 9.51. The summed E-state index contributed by atoms with van der Waals surface area (Å²) in [6.07, 6.45) is 1.51. The minimum Gasteiger partial charge on any atom is -0.493 e. The van der Waals surface area contributed by atoms with Crippen molar-refractivity contribution in [1.82, 2.24) is 10.3 Å². The summed E-state index contributed by atoms with van der Waals surface area (Å²) in [5.41, 5.74) is -0.160. The Hall–Kier alpha value is -4.08. The summed E-state index contributed by atoms with van der Waals surface area (Å²) in [7, 11) is 1.38. The Bertz CT molecular complexity index is 996. The van der Waals surface area contributed by atoms with Gasteiger partial charge >= 0.3 is 11.9 Å². The van der Waals surface area contributed by atoms with Gasteiger partial charge in [0, 0.05) is 19.2 Å². The van der Waals surface area contributed by atoms with Gasteiger partial charge in [-0.05, 0) is 32.1 Å². The third-order valence-corrected chi connectivity index (χ3v) is 4.48. The van der Waals surface area contributed by atoms with E-state index >= 15 is 0 Å². The van der Waals surface area contributed by atoms with Crippen molar-refractivity contribution in [3.05, 3.63) is 60.9 Å². The van der Waals surface area contributed by atoms with E-state index in [1.54, 1.807) is 19.1 Å². The molecule has 1 aromatic carbocycles. The van der Waals surface area contributed by atoms with Crippen LogP contribution < -0.4 is 19.5 Å². The number of amides is 1. The molecule has 1 amide bonds. The lowest BCUT2D eigenvalue weighted by atomic mass is 10.2. The molecule has 10 heteroatoms. The summed E-state index contributed by atoms with van der Waals surface area (Å²) >= 11 is 0. The number of pyridine rings is 1. The average Bonchev–Trinajstić information content (AvgIpc) is 2.82. The molecular formula is C24H28N2O8. The number of carbonyl (C=O) groups is 3. The van der Waals surface area contributed by atoms with Crippen molar-refractivity contribution in [2.45, 2.75) is 39.0 Å². The highest BCUT2D eigenvalue weighted by Gasteiger charge is 2.27. The number of hydrogen-bond acceptors (Lipinski definition) is 9. The molecule has 34 heavy (non-hydrogen) atoms. The molecule has 0 saturated carbocycles. The largest absolute Gasteiger partial charge is 0.493 e. The maximum absolute atomic E-state index is 12.8. The van der Waals surface area contributed by atoms with E-state index in [-0.39, 0.29) is 17.2 Å². The number of nitrogens with zero attached hydrogens (tertiary/aromatic N) is 1. The van der Waals surface area contributed by atoms with Gasteiger partial charge in [0.15, 0.2) is 23.3 Å². The standard InChI is InChI=1S/C24H28N2O8/c1-6-19(16(3)33-18-10-8-7-9-11-18)34-24(29)15(2)26-23(28)21-22(32-14-31-17(4)27)20(30-5)12-13-25-21/h6-13,15-16,19H,1,14H2,2-5H3,(H,26,28)/t15-,16-,19+/m0/s1. The van der Waals surface area contributed by atoms with Gasteiger partial charge in [0.05, 0.1) is 7.11 Å². The Balaban J connectivity index is 2.04. The van der Waals surface area contributed by atoms with Gasteiger partial charge in [-0.1, -0.05) is 24.8 Å². The first-order valence-electron chi connectivity index (χ1n) is 10.4. The van der Waals surface area contributed by atoms with E-state index in [1.807, 2.05) is 18.2 Å². The van der Waals surface area contributed by atoms with Crippen LogP contribution in [-0.4, -0.2) is 55.0 Å². The van der Waals surface area contributed by atoms with Crippen molar-refractivity contribution in [1.29, 1.82) is 0 Å². The molecule has 0 aliphatic carbocycles. The number of methoxy groups -OCH3 is 1. The zero-order chi connectivity index (χ0) is 25.1. The van der Waals surface area contributed by atoms with E-state index in [9.17, 15) is 14.4 Å². The van der Waals surface area contributed by atoms with Crippen LogP contribution in [0.1, 0.15) is 31.3 Å². The van der Waals surface area contributed by atoms with Crippen molar-refractivity contribution in [3.63, 3.8) is 0 Å². The highest BCUT2D eigenvalue weighted by Crippen LogP contribution is 2.29. The molecule has 0 bridgehead atoms. The van der Waals surface area contributed by atoms with Gasteiger partial charge in [0.2, 0.25) is 6.79 Å². The third kappa shape index (κ3) is 7.51. The first-order valence-corrected chi connectivity index (χ1v) is 10.4. The maximum Gasteiger partial charge on any atom is 0.329 e. The fraction of sp³-hybridized carbons (Fsp3) is 0.333. The quantitative estimate of drug-likeness (QED) is 0.282. The predicted octanol–water partition coefficient (Wildman–Crippen LogP) is 2.67. The van der Waals surface area contributed by atoms with Gasteiger partial charge in [-0.25, -0.2) is 9.78 Å². The minimum atomic E-state index is -1.03. The lowest BCUT2D eigenvalue weighted by Crippen LogP contribution is -2.43. The summed E-state index contributed by atoms with van der Waals surface area (Å²) in [6.45, 7) is 7.66. The molecule has 1 heterocycles. The molecule has 0 aliphatic heterocycles. The van der Waals surface area contributed by atoms with Gasteiger partial charge in [0.25, 0.3) is 5.91 Å². The molecule has 2 rings (SSSR count). The van der Waals surface area contributed by atoms with Crippen molar-refractivity contribution in [2.75, 3.05) is 13.9 Å². The number of para-hydroxylation sites is 1. The lowest BCUT2D eigenvalue weighted by molar-refractivity contribution is -0.152.